The van der Waals surface area contributed by atoms with Gasteiger partial charge in [0.05, 0.1) is 26.4 Å². The van der Waals surface area contributed by atoms with Gasteiger partial charge in [-0.3, -0.25) is 37.3 Å². The molecule has 17 nitrogen and oxygen atoms in total. The first kappa shape index (κ1) is 95.1. The standard InChI is InChI=1S/C78H152O17P2/c1-6-10-13-16-19-21-23-25-27-29-31-33-35-37-39-41-43-46-52-57-62-76(81)89-68-73(94-77(82)63-58-53-47-44-42-40-38-36-34-32-30-28-26-24-22-20-17-14-11-7-2)69-92-96(84,85)90-65-72(79)66-91-97(86,87)93-70-74(67-88-75(80)61-56-51-45-18-15-12-8-3)95-78(83)64-59-54-49-48-50-55-60-71(5)9-4/h71-74,79H,6-70H2,1-5H3,(H,84,85)(H,86,87)/t71?,72-,73-,74-/m1/s1. The Morgan fingerprint density at radius 2 is 0.495 bits per heavy atom. The summed E-state index contributed by atoms with van der Waals surface area (Å²) in [6.45, 7) is 7.20. The Morgan fingerprint density at radius 3 is 0.732 bits per heavy atom. The number of unbranched alkanes of at least 4 members (excludes halogenated alkanes) is 49. The number of ether oxygens (including phenoxy) is 4. The van der Waals surface area contributed by atoms with Gasteiger partial charge >= 0.3 is 39.5 Å². The molecule has 0 aromatic heterocycles. The van der Waals surface area contributed by atoms with Crippen molar-refractivity contribution in [1.82, 2.24) is 0 Å². The number of aliphatic hydroxyl groups is 1. The first-order valence-electron chi connectivity index (χ1n) is 40.7. The Kier molecular flexibility index (Phi) is 69.6. The van der Waals surface area contributed by atoms with E-state index in [1.54, 1.807) is 0 Å². The number of phosphoric acid groups is 2. The zero-order chi connectivity index (χ0) is 71.2. The van der Waals surface area contributed by atoms with Gasteiger partial charge in [0.1, 0.15) is 19.3 Å². The molecule has 3 N–H and O–H groups in total. The van der Waals surface area contributed by atoms with Crippen molar-refractivity contribution < 1.29 is 80.2 Å². The lowest BCUT2D eigenvalue weighted by atomic mass is 10.00. The van der Waals surface area contributed by atoms with Crippen LogP contribution >= 0.6 is 15.6 Å². The SMILES string of the molecule is CCCCCCCCCCCCCCCCCCCCCCC(=O)OC[C@H](COP(=O)(O)OC[C@@H](O)COP(=O)(O)OC[C@@H](COC(=O)CCCCCCCCC)OC(=O)CCCCCCCCC(C)CC)OC(=O)CCCCCCCCCCCCCCCCCCCCCC. The first-order chi connectivity index (χ1) is 47.1. The van der Waals surface area contributed by atoms with Gasteiger partial charge in [0.15, 0.2) is 12.2 Å². The van der Waals surface area contributed by atoms with Gasteiger partial charge in [-0.05, 0) is 31.6 Å². The van der Waals surface area contributed by atoms with Gasteiger partial charge in [0.25, 0.3) is 0 Å². The zero-order valence-corrected chi connectivity index (χ0v) is 65.0. The number of aliphatic hydroxyl groups excluding tert-OH is 1. The third-order valence-corrected chi connectivity index (χ3v) is 20.5. The highest BCUT2D eigenvalue weighted by Gasteiger charge is 2.30. The van der Waals surface area contributed by atoms with Crippen molar-refractivity contribution in [3.05, 3.63) is 0 Å². The Balaban J connectivity index is 5.15. The van der Waals surface area contributed by atoms with Crippen LogP contribution in [0.2, 0.25) is 0 Å². The molecule has 6 atom stereocenters. The van der Waals surface area contributed by atoms with E-state index in [0.29, 0.717) is 25.7 Å². The molecule has 0 saturated carbocycles. The van der Waals surface area contributed by atoms with Crippen LogP contribution in [-0.2, 0) is 65.4 Å². The van der Waals surface area contributed by atoms with Crippen LogP contribution in [0, 0.1) is 5.92 Å². The van der Waals surface area contributed by atoms with Gasteiger partial charge in [-0.25, -0.2) is 9.13 Å². The quantitative estimate of drug-likeness (QED) is 0.0222. The summed E-state index contributed by atoms with van der Waals surface area (Å²) < 4.78 is 68.4. The summed E-state index contributed by atoms with van der Waals surface area (Å²) in [7, 11) is -9.91. The van der Waals surface area contributed by atoms with E-state index >= 15 is 0 Å². The van der Waals surface area contributed by atoms with E-state index in [2.05, 4.69) is 34.6 Å². The molecule has 97 heavy (non-hydrogen) atoms. The largest absolute Gasteiger partial charge is 0.472 e. The van der Waals surface area contributed by atoms with Crippen LogP contribution < -0.4 is 0 Å². The number of rotatable bonds is 78. The second kappa shape index (κ2) is 71.1. The minimum absolute atomic E-state index is 0.103. The van der Waals surface area contributed by atoms with Crippen LogP contribution in [0.15, 0.2) is 0 Å². The predicted molar refractivity (Wildman–Crippen MR) is 395 cm³/mol. The Hall–Kier alpha value is -1.94. The third kappa shape index (κ3) is 70.9. The van der Waals surface area contributed by atoms with E-state index in [1.165, 1.54) is 225 Å². The average Bonchev–Trinajstić information content (AvgIpc) is 1.69. The molecule has 0 aromatic carbocycles. The number of esters is 4. The summed E-state index contributed by atoms with van der Waals surface area (Å²) in [5.41, 5.74) is 0. The Morgan fingerprint density at radius 1 is 0.289 bits per heavy atom. The number of carbonyl (C=O) groups is 4. The summed E-state index contributed by atoms with van der Waals surface area (Å²) in [5.74, 6) is -1.40. The molecule has 0 aliphatic carbocycles. The molecule has 3 unspecified atom stereocenters. The van der Waals surface area contributed by atoms with Crippen molar-refractivity contribution in [1.29, 1.82) is 0 Å². The second-order valence-corrected chi connectivity index (χ2v) is 31.3. The van der Waals surface area contributed by atoms with Crippen molar-refractivity contribution >= 4 is 39.5 Å². The summed E-state index contributed by atoms with van der Waals surface area (Å²) in [5, 5.41) is 10.6. The maximum absolute atomic E-state index is 13.1. The average molecular weight is 1420 g/mol. The molecule has 0 aliphatic rings. The molecular weight excluding hydrogens is 1270 g/mol. The normalized spacial score (nSPS) is 14.2. The molecule has 0 saturated heterocycles. The number of carbonyl (C=O) groups excluding carboxylic acids is 4. The monoisotopic (exact) mass is 1420 g/mol. The molecule has 0 fully saturated rings. The highest BCUT2D eigenvalue weighted by Crippen LogP contribution is 2.45. The lowest BCUT2D eigenvalue weighted by Crippen LogP contribution is -2.30. The number of phosphoric ester groups is 2. The van der Waals surface area contributed by atoms with E-state index in [-0.39, 0.29) is 25.7 Å². The highest BCUT2D eigenvalue weighted by atomic mass is 31.2. The number of hydrogen-bond acceptors (Lipinski definition) is 15. The third-order valence-electron chi connectivity index (χ3n) is 18.6. The van der Waals surface area contributed by atoms with Crippen molar-refractivity contribution in [2.45, 2.75) is 432 Å². The first-order valence-corrected chi connectivity index (χ1v) is 43.7. The van der Waals surface area contributed by atoms with Crippen molar-refractivity contribution in [3.8, 4) is 0 Å². The molecule has 19 heteroatoms. The van der Waals surface area contributed by atoms with E-state index in [4.69, 9.17) is 37.0 Å². The van der Waals surface area contributed by atoms with E-state index < -0.39 is 97.5 Å². The fourth-order valence-corrected chi connectivity index (χ4v) is 13.6. The van der Waals surface area contributed by atoms with Gasteiger partial charge < -0.3 is 33.8 Å². The van der Waals surface area contributed by atoms with E-state index in [1.807, 2.05) is 0 Å². The molecule has 576 valence electrons. The molecular formula is C78H152O17P2. The molecule has 0 amide bonds. The van der Waals surface area contributed by atoms with Crippen molar-refractivity contribution in [2.24, 2.45) is 5.92 Å². The summed E-state index contributed by atoms with van der Waals surface area (Å²) >= 11 is 0. The Bertz CT molecular complexity index is 1860. The van der Waals surface area contributed by atoms with E-state index in [9.17, 15) is 43.2 Å². The maximum atomic E-state index is 13.1. The van der Waals surface area contributed by atoms with Crippen LogP contribution in [-0.4, -0.2) is 96.7 Å². The molecule has 0 radical (unpaired) electrons. The summed E-state index contributed by atoms with van der Waals surface area (Å²) in [6, 6.07) is 0. The number of hydrogen-bond donors (Lipinski definition) is 3. The fraction of sp³-hybridized carbons (Fsp3) is 0.949. The van der Waals surface area contributed by atoms with Gasteiger partial charge in [-0.1, -0.05) is 362 Å². The molecule has 0 rings (SSSR count). The topological polar surface area (TPSA) is 237 Å². The molecule has 0 spiro atoms. The Labute approximate surface area is 594 Å². The minimum atomic E-state index is -4.96. The van der Waals surface area contributed by atoms with Gasteiger partial charge in [0, 0.05) is 25.7 Å². The molecule has 0 bridgehead atoms. The van der Waals surface area contributed by atoms with Crippen LogP contribution in [0.25, 0.3) is 0 Å². The van der Waals surface area contributed by atoms with E-state index in [0.717, 1.165) is 109 Å². The van der Waals surface area contributed by atoms with Gasteiger partial charge in [-0.15, -0.1) is 0 Å². The lowest BCUT2D eigenvalue weighted by molar-refractivity contribution is -0.161. The predicted octanol–water partition coefficient (Wildman–Crippen LogP) is 23.3. The van der Waals surface area contributed by atoms with Crippen molar-refractivity contribution in [3.63, 3.8) is 0 Å². The van der Waals surface area contributed by atoms with Crippen LogP contribution in [0.3, 0.4) is 0 Å². The highest BCUT2D eigenvalue weighted by molar-refractivity contribution is 7.47. The smallest absolute Gasteiger partial charge is 0.462 e. The molecule has 0 aromatic rings. The zero-order valence-electron chi connectivity index (χ0n) is 63.2. The van der Waals surface area contributed by atoms with Crippen LogP contribution in [0.5, 0.6) is 0 Å². The summed E-state index contributed by atoms with van der Waals surface area (Å²) in [6.07, 6.45) is 61.5. The second-order valence-electron chi connectivity index (χ2n) is 28.3. The lowest BCUT2D eigenvalue weighted by Gasteiger charge is -2.21. The fourth-order valence-electron chi connectivity index (χ4n) is 12.0. The molecule has 0 heterocycles. The van der Waals surface area contributed by atoms with Gasteiger partial charge in [0.2, 0.25) is 0 Å². The summed E-state index contributed by atoms with van der Waals surface area (Å²) in [4.78, 5) is 72.7. The minimum Gasteiger partial charge on any atom is -0.462 e. The van der Waals surface area contributed by atoms with Gasteiger partial charge in [-0.2, -0.15) is 0 Å². The van der Waals surface area contributed by atoms with Crippen molar-refractivity contribution in [2.75, 3.05) is 39.6 Å². The van der Waals surface area contributed by atoms with Crippen LogP contribution in [0.4, 0.5) is 0 Å². The molecule has 0 aliphatic heterocycles. The maximum Gasteiger partial charge on any atom is 0.472 e. The van der Waals surface area contributed by atoms with Crippen LogP contribution in [0.1, 0.15) is 413 Å².